The Bertz CT molecular complexity index is 2160. The number of carbonyl (C=O) groups excluding carboxylic acids is 2. The fourth-order valence-electron chi connectivity index (χ4n) is 6.44. The van der Waals surface area contributed by atoms with Gasteiger partial charge >= 0.3 is 6.09 Å². The predicted octanol–water partition coefficient (Wildman–Crippen LogP) is 8.72. The second-order valence-corrected chi connectivity index (χ2v) is 29.5. The Morgan fingerprint density at radius 1 is 0.915 bits per heavy atom. The molecule has 3 aromatic rings. The fourth-order valence-corrected chi connectivity index (χ4v) is 8.96. The molecular formula is C43H61N3O10SSi2. The van der Waals surface area contributed by atoms with Crippen molar-refractivity contribution in [2.75, 3.05) is 24.9 Å². The maximum atomic E-state index is 14.8. The third-order valence-corrected chi connectivity index (χ3v) is 21.3. The first kappa shape index (κ1) is 46.0. The van der Waals surface area contributed by atoms with Gasteiger partial charge in [0.1, 0.15) is 19.8 Å². The number of aromatic nitrogens is 1. The van der Waals surface area contributed by atoms with Crippen molar-refractivity contribution in [3.8, 4) is 11.5 Å². The van der Waals surface area contributed by atoms with Crippen LogP contribution in [0.15, 0.2) is 61.2 Å². The smallest absolute Gasteiger partial charge is 0.416 e. The molecule has 3 heterocycles. The van der Waals surface area contributed by atoms with Gasteiger partial charge in [-0.15, -0.1) is 0 Å². The Hall–Kier alpha value is -4.07. The number of carbonyl (C=O) groups is 2. The first-order valence-corrected chi connectivity index (χ1v) is 27.4. The number of fused-ring (bicyclic) bond motifs is 3. The van der Waals surface area contributed by atoms with Crippen molar-refractivity contribution in [3.05, 3.63) is 94.8 Å². The van der Waals surface area contributed by atoms with Gasteiger partial charge in [0.05, 0.1) is 48.7 Å². The summed E-state index contributed by atoms with van der Waals surface area (Å²) < 4.78 is 60.7. The Morgan fingerprint density at radius 3 is 2.14 bits per heavy atom. The molecule has 2 amide bonds. The highest BCUT2D eigenvalue weighted by Crippen LogP contribution is 2.45. The second kappa shape index (κ2) is 17.5. The van der Waals surface area contributed by atoms with Gasteiger partial charge in [0, 0.05) is 12.6 Å². The molecule has 16 heteroatoms. The maximum Gasteiger partial charge on any atom is 0.416 e. The third-order valence-electron chi connectivity index (χ3n) is 11.8. The average Bonchev–Trinajstić information content (AvgIpc) is 3.23. The summed E-state index contributed by atoms with van der Waals surface area (Å²) in [6, 6.07) is 14.3. The van der Waals surface area contributed by atoms with E-state index in [1.165, 1.54) is 18.1 Å². The number of nitrogens with zero attached hydrogens (tertiary/aromatic N) is 3. The van der Waals surface area contributed by atoms with E-state index < -0.39 is 45.1 Å². The van der Waals surface area contributed by atoms with E-state index in [9.17, 15) is 18.0 Å². The molecule has 1 aromatic heterocycles. The fraction of sp³-hybridized carbons (Fsp3) is 0.512. The molecule has 322 valence electrons. The third kappa shape index (κ3) is 10.6. The van der Waals surface area contributed by atoms with Crippen LogP contribution in [0.2, 0.25) is 36.3 Å². The van der Waals surface area contributed by atoms with Gasteiger partial charge in [-0.3, -0.25) is 14.0 Å². The first-order valence-electron chi connectivity index (χ1n) is 19.8. The van der Waals surface area contributed by atoms with Gasteiger partial charge in [0.15, 0.2) is 34.4 Å². The van der Waals surface area contributed by atoms with Gasteiger partial charge in [0.25, 0.3) is 16.0 Å². The van der Waals surface area contributed by atoms with Crippen LogP contribution in [0.4, 0.5) is 10.5 Å². The van der Waals surface area contributed by atoms with E-state index in [4.69, 9.17) is 27.2 Å². The Kier molecular flexibility index (Phi) is 13.6. The van der Waals surface area contributed by atoms with E-state index in [0.29, 0.717) is 24.4 Å². The topological polar surface area (TPSA) is 143 Å². The van der Waals surface area contributed by atoms with Crippen molar-refractivity contribution < 1.29 is 45.3 Å². The highest BCUT2D eigenvalue weighted by atomic mass is 32.2. The highest BCUT2D eigenvalue weighted by molar-refractivity contribution is 7.85. The Labute approximate surface area is 352 Å². The number of pyridine rings is 1. The van der Waals surface area contributed by atoms with Crippen molar-refractivity contribution in [2.45, 2.75) is 123 Å². The van der Waals surface area contributed by atoms with Gasteiger partial charge in [-0.05, 0) is 77.6 Å². The van der Waals surface area contributed by atoms with Crippen LogP contribution >= 0.6 is 0 Å². The minimum Gasteiger partial charge on any atom is -0.493 e. The summed E-state index contributed by atoms with van der Waals surface area (Å²) in [5.41, 5.74) is 4.18. The number of hydrogen-bond acceptors (Lipinski definition) is 11. The summed E-state index contributed by atoms with van der Waals surface area (Å²) in [6.45, 7) is 25.3. The van der Waals surface area contributed by atoms with Crippen molar-refractivity contribution in [1.82, 2.24) is 9.88 Å². The zero-order valence-corrected chi connectivity index (χ0v) is 39.4. The number of anilines is 1. The SMILES string of the molecule is C=CCOC(=O)N1c2cc(OCc3cc(CO[Si](C)(C)C(C)(C)C)cc(COS(C)(=O)=O)n3)c(OC)cc2C(=O)N2Cc3ccccc3C[C@H]2C1O[Si](C)(C)C(C)(C)C. The van der Waals surface area contributed by atoms with Crippen LogP contribution in [0.25, 0.3) is 0 Å². The molecule has 0 fully saturated rings. The van der Waals surface area contributed by atoms with E-state index in [1.54, 1.807) is 23.1 Å². The van der Waals surface area contributed by atoms with E-state index in [0.717, 1.165) is 22.9 Å². The number of rotatable bonds is 14. The summed E-state index contributed by atoms with van der Waals surface area (Å²) in [6.07, 6.45) is 1.30. The van der Waals surface area contributed by atoms with Crippen molar-refractivity contribution in [2.24, 2.45) is 0 Å². The monoisotopic (exact) mass is 867 g/mol. The molecule has 0 N–H and O–H groups in total. The summed E-state index contributed by atoms with van der Waals surface area (Å²) in [4.78, 5) is 37.2. The van der Waals surface area contributed by atoms with Crippen molar-refractivity contribution >= 4 is 44.4 Å². The second-order valence-electron chi connectivity index (χ2n) is 18.3. The summed E-state index contributed by atoms with van der Waals surface area (Å²) in [7, 11) is -7.04. The van der Waals surface area contributed by atoms with Gasteiger partial charge in [-0.2, -0.15) is 8.42 Å². The van der Waals surface area contributed by atoms with Crippen LogP contribution in [0.5, 0.6) is 11.5 Å². The molecule has 59 heavy (non-hydrogen) atoms. The lowest BCUT2D eigenvalue weighted by atomic mass is 9.93. The number of hydrogen-bond donors (Lipinski definition) is 0. The van der Waals surface area contributed by atoms with Crippen LogP contribution in [-0.4, -0.2) is 79.2 Å². The number of amides is 2. The predicted molar refractivity (Wildman–Crippen MR) is 233 cm³/mol. The molecular weight excluding hydrogens is 807 g/mol. The molecule has 0 saturated carbocycles. The summed E-state index contributed by atoms with van der Waals surface area (Å²) in [5.74, 6) is 0.194. The van der Waals surface area contributed by atoms with Crippen LogP contribution in [0.3, 0.4) is 0 Å². The van der Waals surface area contributed by atoms with Crippen LogP contribution in [-0.2, 0) is 60.7 Å². The molecule has 1 unspecified atom stereocenters. The number of methoxy groups -OCH3 is 1. The molecule has 0 saturated heterocycles. The van der Waals surface area contributed by atoms with Crippen LogP contribution in [0, 0.1) is 0 Å². The van der Waals surface area contributed by atoms with Crippen LogP contribution < -0.4 is 14.4 Å². The number of benzene rings is 2. The van der Waals surface area contributed by atoms with Crippen molar-refractivity contribution in [3.63, 3.8) is 0 Å². The minimum atomic E-state index is -3.75. The Balaban J connectivity index is 1.61. The molecule has 0 radical (unpaired) electrons. The normalized spacial score (nSPS) is 17.4. The lowest BCUT2D eigenvalue weighted by Crippen LogP contribution is -2.60. The zero-order valence-electron chi connectivity index (χ0n) is 36.6. The Morgan fingerprint density at radius 2 is 1.54 bits per heavy atom. The number of ether oxygens (including phenoxy) is 3. The molecule has 0 bridgehead atoms. The molecule has 2 aliphatic rings. The average molecular weight is 868 g/mol. The molecule has 2 aromatic carbocycles. The summed E-state index contributed by atoms with van der Waals surface area (Å²) in [5, 5.41) is -0.270. The molecule has 0 spiro atoms. The molecule has 0 aliphatic carbocycles. The zero-order chi connectivity index (χ0) is 43.7. The standard InChI is InChI=1S/C43H61N3O10SSi2/c1-14-19-52-41(48)46-35-24-38(53-27-32-20-29(26-55-58(10,11)42(2,3)4)21-33(44-32)28-54-57(9,49)50)37(51-8)23-34(35)39(47)45-25-31-18-16-15-17-30(31)22-36(45)40(46)56-59(12,13)43(5,6)7/h14-18,20-21,23-24,36,40H,1,19,22,25-28H2,2-13H3/t36-,40?/m0/s1. The van der Waals surface area contributed by atoms with E-state index in [-0.39, 0.29) is 65.2 Å². The van der Waals surface area contributed by atoms with E-state index in [2.05, 4.69) is 85.4 Å². The van der Waals surface area contributed by atoms with Gasteiger partial charge in [-0.25, -0.2) is 9.69 Å². The van der Waals surface area contributed by atoms with Crippen LogP contribution in [0.1, 0.15) is 80.0 Å². The molecule has 2 aliphatic heterocycles. The van der Waals surface area contributed by atoms with E-state index >= 15 is 0 Å². The molecule has 13 nitrogen and oxygen atoms in total. The van der Waals surface area contributed by atoms with Crippen molar-refractivity contribution in [1.29, 1.82) is 0 Å². The lowest BCUT2D eigenvalue weighted by Gasteiger charge is -2.47. The van der Waals surface area contributed by atoms with Gasteiger partial charge in [-0.1, -0.05) is 78.5 Å². The van der Waals surface area contributed by atoms with Gasteiger partial charge < -0.3 is 28.0 Å². The minimum absolute atomic E-state index is 0.0308. The summed E-state index contributed by atoms with van der Waals surface area (Å²) >= 11 is 0. The van der Waals surface area contributed by atoms with E-state index in [1.807, 2.05) is 24.3 Å². The maximum absolute atomic E-state index is 14.8. The highest BCUT2D eigenvalue weighted by Gasteiger charge is 2.50. The largest absolute Gasteiger partial charge is 0.493 e. The van der Waals surface area contributed by atoms with Gasteiger partial charge in [0.2, 0.25) is 0 Å². The molecule has 5 rings (SSSR count). The lowest BCUT2D eigenvalue weighted by molar-refractivity contribution is 0.0338. The quantitative estimate of drug-likeness (QED) is 0.0872. The molecule has 2 atom stereocenters. The first-order chi connectivity index (χ1) is 27.4.